The van der Waals surface area contributed by atoms with Crippen LogP contribution in [0.2, 0.25) is 0 Å². The molecule has 8 nitrogen and oxygen atoms in total. The number of aromatic nitrogens is 4. The van der Waals surface area contributed by atoms with E-state index in [-0.39, 0.29) is 24.4 Å². The van der Waals surface area contributed by atoms with Gasteiger partial charge in [-0.15, -0.1) is 0 Å². The highest BCUT2D eigenvalue weighted by atomic mass is 16.2. The second-order valence-corrected chi connectivity index (χ2v) is 6.58. The van der Waals surface area contributed by atoms with E-state index in [0.29, 0.717) is 18.9 Å². The van der Waals surface area contributed by atoms with Crippen molar-refractivity contribution in [2.45, 2.75) is 52.7 Å². The van der Waals surface area contributed by atoms with E-state index in [1.54, 1.807) is 12.4 Å². The lowest BCUT2D eigenvalue weighted by molar-refractivity contribution is -0.133. The van der Waals surface area contributed by atoms with E-state index < -0.39 is 0 Å². The summed E-state index contributed by atoms with van der Waals surface area (Å²) >= 11 is 0. The summed E-state index contributed by atoms with van der Waals surface area (Å²) in [6.07, 6.45) is 7.05. The van der Waals surface area contributed by atoms with Crippen LogP contribution in [0.4, 0.5) is 0 Å². The molecule has 0 spiro atoms. The predicted molar refractivity (Wildman–Crippen MR) is 94.9 cm³/mol. The number of carbonyl (C=O) groups excluding carboxylic acids is 2. The maximum atomic E-state index is 12.9. The van der Waals surface area contributed by atoms with Crippen LogP contribution in [0.3, 0.4) is 0 Å². The molecule has 3 rings (SSSR count). The molecule has 1 fully saturated rings. The van der Waals surface area contributed by atoms with Crippen LogP contribution >= 0.6 is 0 Å². The predicted octanol–water partition coefficient (Wildman–Crippen LogP) is 1.29. The molecule has 1 N–H and O–H groups in total. The number of likely N-dealkylation sites (tertiary alicyclic amines) is 1. The van der Waals surface area contributed by atoms with Gasteiger partial charge in [0.15, 0.2) is 0 Å². The number of imidazole rings is 1. The molecule has 0 bridgehead atoms. The zero-order valence-electron chi connectivity index (χ0n) is 15.4. The fraction of sp³-hybridized carbons (Fsp3) is 0.500. The molecule has 138 valence electrons. The number of nitrogens with one attached hydrogen (secondary N) is 1. The monoisotopic (exact) mass is 356 g/mol. The van der Waals surface area contributed by atoms with Crippen LogP contribution in [-0.4, -0.2) is 42.8 Å². The number of aryl methyl sites for hydroxylation is 2. The Bertz CT molecular complexity index is 816. The fourth-order valence-corrected chi connectivity index (χ4v) is 3.31. The van der Waals surface area contributed by atoms with Gasteiger partial charge in [-0.2, -0.15) is 0 Å². The summed E-state index contributed by atoms with van der Waals surface area (Å²) in [6, 6.07) is -0.0863. The average Bonchev–Trinajstić information content (AvgIpc) is 3.23. The first-order valence-electron chi connectivity index (χ1n) is 8.79. The van der Waals surface area contributed by atoms with Crippen LogP contribution in [-0.2, 0) is 22.7 Å². The zero-order valence-corrected chi connectivity index (χ0v) is 15.4. The first-order valence-corrected chi connectivity index (χ1v) is 8.79. The van der Waals surface area contributed by atoms with Crippen LogP contribution in [0, 0.1) is 13.8 Å². The summed E-state index contributed by atoms with van der Waals surface area (Å²) in [5.41, 5.74) is 1.69. The average molecular weight is 356 g/mol. The summed E-state index contributed by atoms with van der Waals surface area (Å²) in [4.78, 5) is 39.1. The SMILES string of the molecule is CC(=O)NCc1cnc(C)nc1[C@H]1CCCN1C(=O)Cn1ccnc1C. The number of carbonyl (C=O) groups is 2. The van der Waals surface area contributed by atoms with Crippen LogP contribution in [0.15, 0.2) is 18.6 Å². The molecule has 8 heteroatoms. The van der Waals surface area contributed by atoms with Crippen LogP contribution in [0.25, 0.3) is 0 Å². The molecule has 3 heterocycles. The standard InChI is InChI=1S/C18H24N6O2/c1-12-20-9-15(10-21-14(3)25)18(22-12)16-5-4-7-24(16)17(26)11-23-8-6-19-13(23)2/h6,8-9,16H,4-5,7,10-11H2,1-3H3,(H,21,25)/t16-/m1/s1. The van der Waals surface area contributed by atoms with Crippen molar-refractivity contribution in [1.82, 2.24) is 29.7 Å². The highest BCUT2D eigenvalue weighted by molar-refractivity contribution is 5.77. The zero-order chi connectivity index (χ0) is 18.7. The van der Waals surface area contributed by atoms with E-state index in [1.807, 2.05) is 29.5 Å². The summed E-state index contributed by atoms with van der Waals surface area (Å²) in [5, 5.41) is 2.80. The van der Waals surface area contributed by atoms with E-state index in [4.69, 9.17) is 0 Å². The van der Waals surface area contributed by atoms with Crippen molar-refractivity contribution < 1.29 is 9.59 Å². The Balaban J connectivity index is 1.83. The summed E-state index contributed by atoms with van der Waals surface area (Å²) in [6.45, 7) is 6.54. The van der Waals surface area contributed by atoms with Gasteiger partial charge in [0, 0.05) is 44.2 Å². The number of rotatable bonds is 5. The lowest BCUT2D eigenvalue weighted by Gasteiger charge is -2.26. The largest absolute Gasteiger partial charge is 0.352 e. The Labute approximate surface area is 152 Å². The highest BCUT2D eigenvalue weighted by Crippen LogP contribution is 2.33. The normalized spacial score (nSPS) is 16.7. The maximum absolute atomic E-state index is 12.9. The van der Waals surface area contributed by atoms with Gasteiger partial charge in [0.25, 0.3) is 0 Å². The van der Waals surface area contributed by atoms with E-state index in [2.05, 4.69) is 20.3 Å². The molecule has 1 saturated heterocycles. The van der Waals surface area contributed by atoms with Crippen molar-refractivity contribution in [2.75, 3.05) is 6.54 Å². The molecule has 0 aliphatic carbocycles. The van der Waals surface area contributed by atoms with Gasteiger partial charge in [-0.25, -0.2) is 15.0 Å². The minimum Gasteiger partial charge on any atom is -0.352 e. The fourth-order valence-electron chi connectivity index (χ4n) is 3.31. The molecule has 1 aliphatic rings. The van der Waals surface area contributed by atoms with Crippen LogP contribution in [0.1, 0.15) is 48.7 Å². The molecule has 26 heavy (non-hydrogen) atoms. The Hall–Kier alpha value is -2.77. The Morgan fingerprint density at radius 2 is 2.12 bits per heavy atom. The minimum absolute atomic E-state index is 0.0512. The quantitative estimate of drug-likeness (QED) is 0.871. The van der Waals surface area contributed by atoms with E-state index in [9.17, 15) is 9.59 Å². The van der Waals surface area contributed by atoms with E-state index in [1.165, 1.54) is 6.92 Å². The van der Waals surface area contributed by atoms with E-state index >= 15 is 0 Å². The van der Waals surface area contributed by atoms with Crippen molar-refractivity contribution >= 4 is 11.8 Å². The number of amides is 2. The van der Waals surface area contributed by atoms with Gasteiger partial charge in [0.1, 0.15) is 18.2 Å². The molecule has 2 amide bonds. The number of nitrogens with zero attached hydrogens (tertiary/aromatic N) is 5. The van der Waals surface area contributed by atoms with Gasteiger partial charge in [-0.3, -0.25) is 9.59 Å². The van der Waals surface area contributed by atoms with Crippen LogP contribution in [0.5, 0.6) is 0 Å². The van der Waals surface area contributed by atoms with Crippen molar-refractivity contribution in [3.63, 3.8) is 0 Å². The maximum Gasteiger partial charge on any atom is 0.243 e. The van der Waals surface area contributed by atoms with Gasteiger partial charge < -0.3 is 14.8 Å². The third kappa shape index (κ3) is 3.89. The van der Waals surface area contributed by atoms with E-state index in [0.717, 1.165) is 29.9 Å². The second kappa shape index (κ2) is 7.63. The highest BCUT2D eigenvalue weighted by Gasteiger charge is 2.32. The van der Waals surface area contributed by atoms with Gasteiger partial charge >= 0.3 is 0 Å². The summed E-state index contributed by atoms with van der Waals surface area (Å²) in [7, 11) is 0. The van der Waals surface area contributed by atoms with Gasteiger partial charge in [0.05, 0.1) is 11.7 Å². The molecule has 2 aromatic rings. The van der Waals surface area contributed by atoms with Gasteiger partial charge in [-0.05, 0) is 26.7 Å². The molecule has 0 radical (unpaired) electrons. The molecular weight excluding hydrogens is 332 g/mol. The molecule has 1 atom stereocenters. The molecule has 0 unspecified atom stereocenters. The molecular formula is C18H24N6O2. The van der Waals surface area contributed by atoms with Crippen molar-refractivity contribution in [3.05, 3.63) is 41.5 Å². The van der Waals surface area contributed by atoms with Gasteiger partial charge in [-0.1, -0.05) is 0 Å². The number of hydrogen-bond donors (Lipinski definition) is 1. The first kappa shape index (κ1) is 18.0. The minimum atomic E-state index is -0.105. The van der Waals surface area contributed by atoms with Crippen LogP contribution < -0.4 is 5.32 Å². The molecule has 1 aliphatic heterocycles. The van der Waals surface area contributed by atoms with Crippen molar-refractivity contribution in [1.29, 1.82) is 0 Å². The van der Waals surface area contributed by atoms with Crippen molar-refractivity contribution in [2.24, 2.45) is 0 Å². The smallest absolute Gasteiger partial charge is 0.243 e. The third-order valence-electron chi connectivity index (χ3n) is 4.66. The van der Waals surface area contributed by atoms with Gasteiger partial charge in [0.2, 0.25) is 11.8 Å². The lowest BCUT2D eigenvalue weighted by Crippen LogP contribution is -2.35. The second-order valence-electron chi connectivity index (χ2n) is 6.58. The third-order valence-corrected chi connectivity index (χ3v) is 4.66. The Morgan fingerprint density at radius 1 is 1.31 bits per heavy atom. The Morgan fingerprint density at radius 3 is 2.81 bits per heavy atom. The molecule has 0 saturated carbocycles. The number of hydrogen-bond acceptors (Lipinski definition) is 5. The topological polar surface area (TPSA) is 93.0 Å². The Kier molecular flexibility index (Phi) is 5.29. The first-order chi connectivity index (χ1) is 12.5. The summed E-state index contributed by atoms with van der Waals surface area (Å²) in [5.74, 6) is 1.43. The summed E-state index contributed by atoms with van der Waals surface area (Å²) < 4.78 is 1.85. The lowest BCUT2D eigenvalue weighted by atomic mass is 10.1. The molecule has 2 aromatic heterocycles. The van der Waals surface area contributed by atoms with Crippen molar-refractivity contribution in [3.8, 4) is 0 Å². The molecule has 0 aromatic carbocycles.